The molecular formula is C18H20FN3O3. The fourth-order valence-electron chi connectivity index (χ4n) is 3.55. The Bertz CT molecular complexity index is 883. The SMILES string of the molecule is Cc1cc(F)c2[nH]c(=O)cc(C(=O)N3CC(NC4CCOC4)C3)c2c1. The average Bonchev–Trinajstić information content (AvgIpc) is 3.03. The number of fused-ring (bicyclic) bond motifs is 1. The molecule has 1 aromatic carbocycles. The number of benzene rings is 1. The molecule has 0 radical (unpaired) electrons. The normalized spacial score (nSPS) is 20.9. The standard InChI is InChI=1S/C18H20FN3O3/c1-10-4-13-14(6-16(23)21-17(13)15(19)5-10)18(24)22-7-12(8-22)20-11-2-3-25-9-11/h4-6,11-12,20H,2-3,7-9H2,1H3,(H,21,23). The number of carbonyl (C=O) groups is 1. The van der Waals surface area contributed by atoms with Gasteiger partial charge >= 0.3 is 0 Å². The Morgan fingerprint density at radius 2 is 2.12 bits per heavy atom. The van der Waals surface area contributed by atoms with Crippen molar-refractivity contribution in [3.63, 3.8) is 0 Å². The smallest absolute Gasteiger partial charge is 0.254 e. The van der Waals surface area contributed by atoms with Gasteiger partial charge in [0, 0.05) is 43.2 Å². The Hall–Kier alpha value is -2.25. The molecular weight excluding hydrogens is 325 g/mol. The first-order valence-electron chi connectivity index (χ1n) is 8.47. The van der Waals surface area contributed by atoms with Gasteiger partial charge in [-0.1, -0.05) is 0 Å². The van der Waals surface area contributed by atoms with Crippen LogP contribution in [0.25, 0.3) is 10.9 Å². The van der Waals surface area contributed by atoms with Crippen LogP contribution < -0.4 is 10.9 Å². The summed E-state index contributed by atoms with van der Waals surface area (Å²) >= 11 is 0. The Morgan fingerprint density at radius 3 is 2.84 bits per heavy atom. The van der Waals surface area contributed by atoms with Crippen LogP contribution in [0.1, 0.15) is 22.3 Å². The number of nitrogens with zero attached hydrogens (tertiary/aromatic N) is 1. The summed E-state index contributed by atoms with van der Waals surface area (Å²) in [5.74, 6) is -0.757. The van der Waals surface area contributed by atoms with Gasteiger partial charge in [0.15, 0.2) is 0 Å². The van der Waals surface area contributed by atoms with Crippen molar-refractivity contribution in [3.05, 3.63) is 45.5 Å². The van der Waals surface area contributed by atoms with Crippen molar-refractivity contribution in [2.75, 3.05) is 26.3 Å². The van der Waals surface area contributed by atoms with Crippen molar-refractivity contribution in [2.45, 2.75) is 25.4 Å². The van der Waals surface area contributed by atoms with Crippen LogP contribution in [0.2, 0.25) is 0 Å². The molecule has 0 spiro atoms. The highest BCUT2D eigenvalue weighted by atomic mass is 19.1. The number of likely N-dealkylation sites (tertiary alicyclic amines) is 1. The molecule has 3 heterocycles. The maximum atomic E-state index is 14.1. The second-order valence-electron chi connectivity index (χ2n) is 6.85. The number of halogens is 1. The molecule has 2 aliphatic rings. The predicted molar refractivity (Wildman–Crippen MR) is 91.3 cm³/mol. The second kappa shape index (κ2) is 6.24. The molecule has 0 bridgehead atoms. The van der Waals surface area contributed by atoms with E-state index in [-0.39, 0.29) is 23.0 Å². The third-order valence-electron chi connectivity index (χ3n) is 4.85. The van der Waals surface area contributed by atoms with Crippen molar-refractivity contribution in [1.29, 1.82) is 0 Å². The summed E-state index contributed by atoms with van der Waals surface area (Å²) in [5, 5.41) is 3.92. The van der Waals surface area contributed by atoms with Gasteiger partial charge in [0.2, 0.25) is 5.56 Å². The van der Waals surface area contributed by atoms with Crippen LogP contribution in [0.3, 0.4) is 0 Å². The fourth-order valence-corrected chi connectivity index (χ4v) is 3.55. The van der Waals surface area contributed by atoms with Gasteiger partial charge < -0.3 is 19.9 Å². The lowest BCUT2D eigenvalue weighted by Gasteiger charge is -2.41. The van der Waals surface area contributed by atoms with E-state index in [0.717, 1.165) is 13.0 Å². The highest BCUT2D eigenvalue weighted by Gasteiger charge is 2.34. The molecule has 6 nitrogen and oxygen atoms in total. The molecule has 2 saturated heterocycles. The maximum Gasteiger partial charge on any atom is 0.254 e. The summed E-state index contributed by atoms with van der Waals surface area (Å²) in [7, 11) is 0. The van der Waals surface area contributed by atoms with E-state index in [4.69, 9.17) is 4.74 Å². The van der Waals surface area contributed by atoms with Gasteiger partial charge in [0.05, 0.1) is 17.7 Å². The molecule has 0 saturated carbocycles. The van der Waals surface area contributed by atoms with E-state index < -0.39 is 11.4 Å². The van der Waals surface area contributed by atoms with Crippen LogP contribution in [-0.2, 0) is 4.74 Å². The zero-order valence-electron chi connectivity index (χ0n) is 14.0. The van der Waals surface area contributed by atoms with Gasteiger partial charge in [0.25, 0.3) is 5.91 Å². The van der Waals surface area contributed by atoms with Crippen LogP contribution in [0.15, 0.2) is 23.0 Å². The van der Waals surface area contributed by atoms with E-state index in [0.29, 0.717) is 36.7 Å². The molecule has 1 aromatic heterocycles. The van der Waals surface area contributed by atoms with Crippen LogP contribution >= 0.6 is 0 Å². The lowest BCUT2D eigenvalue weighted by atomic mass is 10.0. The Labute approximate surface area is 144 Å². The van der Waals surface area contributed by atoms with E-state index in [9.17, 15) is 14.0 Å². The summed E-state index contributed by atoms with van der Waals surface area (Å²) in [5.41, 5.74) is 0.566. The maximum absolute atomic E-state index is 14.1. The minimum Gasteiger partial charge on any atom is -0.380 e. The summed E-state index contributed by atoms with van der Waals surface area (Å²) in [6.07, 6.45) is 0.988. The van der Waals surface area contributed by atoms with E-state index >= 15 is 0 Å². The third-order valence-corrected chi connectivity index (χ3v) is 4.85. The van der Waals surface area contributed by atoms with E-state index in [2.05, 4.69) is 10.3 Å². The number of rotatable bonds is 3. The van der Waals surface area contributed by atoms with Crippen molar-refractivity contribution in [2.24, 2.45) is 0 Å². The van der Waals surface area contributed by atoms with Gasteiger partial charge in [-0.05, 0) is 31.0 Å². The van der Waals surface area contributed by atoms with Crippen molar-refractivity contribution in [1.82, 2.24) is 15.2 Å². The minimum atomic E-state index is -0.522. The van der Waals surface area contributed by atoms with Crippen LogP contribution in [-0.4, -0.2) is 54.2 Å². The monoisotopic (exact) mass is 345 g/mol. The zero-order chi connectivity index (χ0) is 17.6. The average molecular weight is 345 g/mol. The number of aromatic amines is 1. The topological polar surface area (TPSA) is 74.4 Å². The molecule has 1 unspecified atom stereocenters. The van der Waals surface area contributed by atoms with Crippen molar-refractivity contribution in [3.8, 4) is 0 Å². The highest BCUT2D eigenvalue weighted by molar-refractivity contribution is 6.06. The Kier molecular flexibility index (Phi) is 4.05. The van der Waals surface area contributed by atoms with Crippen LogP contribution in [0, 0.1) is 12.7 Å². The number of hydrogen-bond donors (Lipinski definition) is 2. The molecule has 1 amide bonds. The largest absolute Gasteiger partial charge is 0.380 e. The van der Waals surface area contributed by atoms with Crippen molar-refractivity contribution >= 4 is 16.8 Å². The van der Waals surface area contributed by atoms with Crippen LogP contribution in [0.5, 0.6) is 0 Å². The number of hydrogen-bond acceptors (Lipinski definition) is 4. The van der Waals surface area contributed by atoms with Gasteiger partial charge in [0.1, 0.15) is 5.82 Å². The molecule has 2 aliphatic heterocycles. The number of ether oxygens (including phenoxy) is 1. The first kappa shape index (κ1) is 16.2. The lowest BCUT2D eigenvalue weighted by molar-refractivity contribution is 0.0550. The zero-order valence-corrected chi connectivity index (χ0v) is 14.0. The molecule has 0 aliphatic carbocycles. The summed E-state index contributed by atoms with van der Waals surface area (Å²) < 4.78 is 19.5. The minimum absolute atomic E-state index is 0.0831. The summed E-state index contributed by atoms with van der Waals surface area (Å²) in [6.45, 7) is 4.41. The number of H-pyrrole nitrogens is 1. The Balaban J connectivity index is 1.55. The number of aromatic nitrogens is 1. The lowest BCUT2D eigenvalue weighted by Crippen LogP contribution is -2.61. The molecule has 7 heteroatoms. The first-order valence-corrected chi connectivity index (χ1v) is 8.47. The number of nitrogens with one attached hydrogen (secondary N) is 2. The molecule has 2 N–H and O–H groups in total. The van der Waals surface area contributed by atoms with E-state index in [1.165, 1.54) is 12.1 Å². The number of carbonyl (C=O) groups excluding carboxylic acids is 1. The quantitative estimate of drug-likeness (QED) is 0.876. The van der Waals surface area contributed by atoms with Crippen molar-refractivity contribution < 1.29 is 13.9 Å². The summed E-state index contributed by atoms with van der Waals surface area (Å²) in [6, 6.07) is 4.92. The third kappa shape index (κ3) is 3.05. The molecule has 4 rings (SSSR count). The highest BCUT2D eigenvalue weighted by Crippen LogP contribution is 2.23. The van der Waals surface area contributed by atoms with Gasteiger partial charge in [-0.15, -0.1) is 0 Å². The number of amides is 1. The van der Waals surface area contributed by atoms with Crippen LogP contribution in [0.4, 0.5) is 4.39 Å². The molecule has 2 fully saturated rings. The number of aryl methyl sites for hydroxylation is 1. The van der Waals surface area contributed by atoms with Gasteiger partial charge in [-0.2, -0.15) is 0 Å². The molecule has 1 atom stereocenters. The fraction of sp³-hybridized carbons (Fsp3) is 0.444. The molecule has 2 aromatic rings. The number of pyridine rings is 1. The molecule has 132 valence electrons. The molecule has 25 heavy (non-hydrogen) atoms. The summed E-state index contributed by atoms with van der Waals surface area (Å²) in [4.78, 5) is 28.8. The van der Waals surface area contributed by atoms with E-state index in [1.807, 2.05) is 0 Å². The van der Waals surface area contributed by atoms with Gasteiger partial charge in [-0.3, -0.25) is 9.59 Å². The second-order valence-corrected chi connectivity index (χ2v) is 6.85. The van der Waals surface area contributed by atoms with E-state index in [1.54, 1.807) is 17.9 Å². The first-order chi connectivity index (χ1) is 12.0. The van der Waals surface area contributed by atoms with Gasteiger partial charge in [-0.25, -0.2) is 4.39 Å². The Morgan fingerprint density at radius 1 is 1.32 bits per heavy atom. The predicted octanol–water partition coefficient (Wildman–Crippen LogP) is 1.18.